The molecule has 2 aliphatic rings. The molecule has 0 spiro atoms. The molecule has 0 aromatic carbocycles. The third kappa shape index (κ3) is 2.03. The molecule has 6 nitrogen and oxygen atoms in total. The second kappa shape index (κ2) is 4.56. The molecule has 3 heterocycles. The highest BCUT2D eigenvalue weighted by atomic mass is 16.5. The smallest absolute Gasteiger partial charge is 0.290 e. The maximum absolute atomic E-state index is 12.3. The van der Waals surface area contributed by atoms with Crippen LogP contribution < -0.4 is 10.9 Å². The summed E-state index contributed by atoms with van der Waals surface area (Å²) in [5.41, 5.74) is -0.416. The lowest BCUT2D eigenvalue weighted by atomic mass is 9.85. The highest BCUT2D eigenvalue weighted by molar-refractivity contribution is 5.79. The van der Waals surface area contributed by atoms with Crippen LogP contribution in [0.1, 0.15) is 24.4 Å². The van der Waals surface area contributed by atoms with Gasteiger partial charge in [0.05, 0.1) is 6.54 Å². The van der Waals surface area contributed by atoms with Crippen LogP contribution in [0.3, 0.4) is 0 Å². The molecule has 2 atom stereocenters. The maximum atomic E-state index is 12.3. The van der Waals surface area contributed by atoms with Crippen molar-refractivity contribution < 1.29 is 9.32 Å². The van der Waals surface area contributed by atoms with E-state index in [1.54, 1.807) is 6.92 Å². The highest BCUT2D eigenvalue weighted by Gasteiger charge is 2.49. The molecule has 1 aromatic rings. The molecule has 0 aliphatic carbocycles. The number of hydrogen-bond acceptors (Lipinski definition) is 5. The van der Waals surface area contributed by atoms with Crippen LogP contribution in [0, 0.1) is 18.8 Å². The summed E-state index contributed by atoms with van der Waals surface area (Å²) in [7, 11) is 0. The number of nitrogens with zero attached hydrogens (tertiary/aromatic N) is 2. The summed E-state index contributed by atoms with van der Waals surface area (Å²) in [6, 6.07) is 1.34. The summed E-state index contributed by atoms with van der Waals surface area (Å²) in [4.78, 5) is 26.1. The van der Waals surface area contributed by atoms with Gasteiger partial charge in [0.2, 0.25) is 0 Å². The second-order valence-electron chi connectivity index (χ2n) is 6.43. The predicted octanol–water partition coefficient (Wildman–Crippen LogP) is 0.320. The first-order valence-corrected chi connectivity index (χ1v) is 7.08. The van der Waals surface area contributed by atoms with Gasteiger partial charge in [0.1, 0.15) is 5.76 Å². The zero-order valence-electron chi connectivity index (χ0n) is 12.2. The Kier molecular flexibility index (Phi) is 3.10. The van der Waals surface area contributed by atoms with E-state index in [0.717, 1.165) is 24.4 Å². The van der Waals surface area contributed by atoms with Crippen molar-refractivity contribution in [3.8, 4) is 0 Å². The van der Waals surface area contributed by atoms with Crippen LogP contribution in [0.25, 0.3) is 0 Å². The third-order valence-electron chi connectivity index (χ3n) is 4.83. The normalized spacial score (nSPS) is 28.8. The molecule has 110 valence electrons. The molecule has 1 N–H and O–H groups in total. The summed E-state index contributed by atoms with van der Waals surface area (Å²) < 4.78 is 6.04. The van der Waals surface area contributed by atoms with E-state index in [2.05, 4.69) is 24.1 Å². The van der Waals surface area contributed by atoms with E-state index in [0.29, 0.717) is 17.6 Å². The fraction of sp³-hybridized carbons (Fsp3) is 0.714. The first-order chi connectivity index (χ1) is 9.39. The van der Waals surface area contributed by atoms with Crippen LogP contribution in [-0.2, 0) is 0 Å². The molecule has 1 aromatic heterocycles. The number of aryl methyl sites for hydroxylation is 1. The van der Waals surface area contributed by atoms with Crippen molar-refractivity contribution in [1.29, 1.82) is 0 Å². The van der Waals surface area contributed by atoms with Crippen molar-refractivity contribution in [2.75, 3.05) is 26.2 Å². The van der Waals surface area contributed by atoms with Crippen molar-refractivity contribution in [2.24, 2.45) is 11.8 Å². The minimum atomic E-state index is -0.383. The number of aromatic nitrogens is 1. The molecule has 2 saturated heterocycles. The summed E-state index contributed by atoms with van der Waals surface area (Å²) in [6.45, 7) is 9.15. The lowest BCUT2D eigenvalue weighted by molar-refractivity contribution is 0.0627. The van der Waals surface area contributed by atoms with Gasteiger partial charge < -0.3 is 9.84 Å². The van der Waals surface area contributed by atoms with E-state index >= 15 is 0 Å². The van der Waals surface area contributed by atoms with Crippen molar-refractivity contribution in [3.63, 3.8) is 0 Å². The zero-order chi connectivity index (χ0) is 14.5. The summed E-state index contributed by atoms with van der Waals surface area (Å²) in [6.07, 6.45) is 0. The largest absolute Gasteiger partial charge is 0.373 e. The van der Waals surface area contributed by atoms with Gasteiger partial charge in [0.25, 0.3) is 11.5 Å². The molecule has 2 aliphatic heterocycles. The van der Waals surface area contributed by atoms with E-state index < -0.39 is 0 Å². The summed E-state index contributed by atoms with van der Waals surface area (Å²) in [5, 5.41) is 3.41. The molecule has 20 heavy (non-hydrogen) atoms. The highest BCUT2D eigenvalue weighted by Crippen LogP contribution is 2.40. The minimum Gasteiger partial charge on any atom is -0.373 e. The van der Waals surface area contributed by atoms with Crippen LogP contribution in [0.15, 0.2) is 15.4 Å². The number of carbonyl (C=O) groups excluding carboxylic acids is 1. The lowest BCUT2D eigenvalue weighted by Gasteiger charge is -2.34. The molecule has 2 unspecified atom stereocenters. The zero-order valence-corrected chi connectivity index (χ0v) is 12.2. The van der Waals surface area contributed by atoms with E-state index in [1.165, 1.54) is 6.07 Å². The average Bonchev–Trinajstić information content (AvgIpc) is 2.99. The van der Waals surface area contributed by atoms with Gasteiger partial charge in [-0.25, -0.2) is 0 Å². The van der Waals surface area contributed by atoms with Gasteiger partial charge >= 0.3 is 0 Å². The Morgan fingerprint density at radius 1 is 1.50 bits per heavy atom. The summed E-state index contributed by atoms with van der Waals surface area (Å²) >= 11 is 0. The minimum absolute atomic E-state index is 0.0327. The standard InChI is InChI=1S/C14H21N3O3/c1-9-4-12(18)17(20-9)13(19)8-16-7-10-5-15-6-11(10)14(16,2)3/h4,10-11,15H,5-8H2,1-3H3. The van der Waals surface area contributed by atoms with Gasteiger partial charge in [-0.1, -0.05) is 0 Å². The van der Waals surface area contributed by atoms with E-state index in [-0.39, 0.29) is 23.6 Å². The summed E-state index contributed by atoms with van der Waals surface area (Å²) in [5.74, 6) is 1.33. The number of likely N-dealkylation sites (tertiary alicyclic amines) is 1. The van der Waals surface area contributed by atoms with Gasteiger partial charge in [0, 0.05) is 24.7 Å². The predicted molar refractivity (Wildman–Crippen MR) is 73.8 cm³/mol. The second-order valence-corrected chi connectivity index (χ2v) is 6.43. The molecule has 0 radical (unpaired) electrons. The molecular weight excluding hydrogens is 258 g/mol. The Bertz CT molecular complexity index is 587. The third-order valence-corrected chi connectivity index (χ3v) is 4.83. The first-order valence-electron chi connectivity index (χ1n) is 7.08. The Labute approximate surface area is 117 Å². The Morgan fingerprint density at radius 2 is 2.25 bits per heavy atom. The monoisotopic (exact) mass is 279 g/mol. The molecule has 6 heteroatoms. The van der Waals surface area contributed by atoms with Crippen LogP contribution in [0.5, 0.6) is 0 Å². The molecule has 2 fully saturated rings. The Hall–Kier alpha value is -1.40. The number of fused-ring (bicyclic) bond motifs is 1. The number of rotatable bonds is 2. The van der Waals surface area contributed by atoms with Gasteiger partial charge in [-0.3, -0.25) is 14.5 Å². The molecule has 0 saturated carbocycles. The molecule has 0 bridgehead atoms. The first kappa shape index (κ1) is 13.6. The SMILES string of the molecule is Cc1cc(=O)n(C(=O)CN2CC3CNCC3C2(C)C)o1. The van der Waals surface area contributed by atoms with Crippen LogP contribution in [0.2, 0.25) is 0 Å². The fourth-order valence-electron chi connectivity index (χ4n) is 3.62. The van der Waals surface area contributed by atoms with E-state index in [1.807, 2.05) is 0 Å². The number of carbonyl (C=O) groups is 1. The van der Waals surface area contributed by atoms with Crippen molar-refractivity contribution in [1.82, 2.24) is 15.0 Å². The quantitative estimate of drug-likeness (QED) is 0.844. The number of hydrogen-bond donors (Lipinski definition) is 1. The van der Waals surface area contributed by atoms with Crippen LogP contribution in [-0.4, -0.2) is 47.3 Å². The van der Waals surface area contributed by atoms with Crippen LogP contribution >= 0.6 is 0 Å². The molecule has 3 rings (SSSR count). The van der Waals surface area contributed by atoms with Crippen LogP contribution in [0.4, 0.5) is 0 Å². The Balaban J connectivity index is 1.77. The van der Waals surface area contributed by atoms with Gasteiger partial charge in [-0.15, -0.1) is 4.74 Å². The van der Waals surface area contributed by atoms with Crippen molar-refractivity contribution in [2.45, 2.75) is 26.3 Å². The molecule has 0 amide bonds. The van der Waals surface area contributed by atoms with Gasteiger partial charge in [-0.2, -0.15) is 0 Å². The average molecular weight is 279 g/mol. The lowest BCUT2D eigenvalue weighted by Crippen LogP contribution is -2.48. The Morgan fingerprint density at radius 3 is 2.85 bits per heavy atom. The van der Waals surface area contributed by atoms with Gasteiger partial charge in [0.15, 0.2) is 0 Å². The number of nitrogens with one attached hydrogen (secondary N) is 1. The topological polar surface area (TPSA) is 67.5 Å². The van der Waals surface area contributed by atoms with E-state index in [9.17, 15) is 9.59 Å². The van der Waals surface area contributed by atoms with Crippen molar-refractivity contribution >= 4 is 5.91 Å². The van der Waals surface area contributed by atoms with Gasteiger partial charge in [-0.05, 0) is 39.2 Å². The molecular formula is C14H21N3O3. The van der Waals surface area contributed by atoms with E-state index in [4.69, 9.17) is 4.52 Å². The van der Waals surface area contributed by atoms with Crippen molar-refractivity contribution in [3.05, 3.63) is 22.2 Å². The fourth-order valence-corrected chi connectivity index (χ4v) is 3.62. The maximum Gasteiger partial charge on any atom is 0.290 e.